The summed E-state index contributed by atoms with van der Waals surface area (Å²) in [5.41, 5.74) is 1.37. The smallest absolute Gasteiger partial charge is 0.104 e. The van der Waals surface area contributed by atoms with Crippen LogP contribution in [-0.2, 0) is 9.47 Å². The summed E-state index contributed by atoms with van der Waals surface area (Å²) >= 11 is 0. The Morgan fingerprint density at radius 3 is 2.55 bits per heavy atom. The summed E-state index contributed by atoms with van der Waals surface area (Å²) in [5, 5.41) is 0. The molecule has 1 aliphatic carbocycles. The van der Waals surface area contributed by atoms with Gasteiger partial charge in [0, 0.05) is 14.2 Å². The van der Waals surface area contributed by atoms with Gasteiger partial charge in [0.2, 0.25) is 0 Å². The third-order valence-electron chi connectivity index (χ3n) is 2.35. The summed E-state index contributed by atoms with van der Waals surface area (Å²) in [4.78, 5) is 0. The largest absolute Gasteiger partial charge is 0.378 e. The maximum absolute atomic E-state index is 5.32. The van der Waals surface area contributed by atoms with E-state index in [4.69, 9.17) is 9.47 Å². The molecule has 0 N–H and O–H groups in total. The van der Waals surface area contributed by atoms with Crippen LogP contribution in [0.3, 0.4) is 0 Å². The van der Waals surface area contributed by atoms with Crippen LogP contribution in [0, 0.1) is 0 Å². The van der Waals surface area contributed by atoms with Crippen LogP contribution < -0.4 is 0 Å². The topological polar surface area (TPSA) is 18.5 Å². The molecule has 1 saturated carbocycles. The summed E-state index contributed by atoms with van der Waals surface area (Å²) in [6, 6.07) is 0. The van der Waals surface area contributed by atoms with Gasteiger partial charge in [-0.25, -0.2) is 0 Å². The monoisotopic (exact) mass is 156 g/mol. The van der Waals surface area contributed by atoms with Crippen LogP contribution in [0.15, 0.2) is 11.6 Å². The van der Waals surface area contributed by atoms with Crippen LogP contribution in [0.25, 0.3) is 0 Å². The van der Waals surface area contributed by atoms with Gasteiger partial charge in [0.15, 0.2) is 0 Å². The van der Waals surface area contributed by atoms with Gasteiger partial charge in [-0.2, -0.15) is 0 Å². The molecule has 0 aromatic rings. The average Bonchev–Trinajstić information content (AvgIpc) is 2.45. The van der Waals surface area contributed by atoms with Crippen LogP contribution in [-0.4, -0.2) is 26.4 Å². The van der Waals surface area contributed by atoms with Gasteiger partial charge in [-0.05, 0) is 25.3 Å². The predicted octanol–water partition coefficient (Wildman–Crippen LogP) is 1.76. The van der Waals surface area contributed by atoms with Crippen molar-refractivity contribution in [3.8, 4) is 0 Å². The van der Waals surface area contributed by atoms with Crippen molar-refractivity contribution in [2.24, 2.45) is 0 Å². The van der Waals surface area contributed by atoms with Gasteiger partial charge < -0.3 is 9.47 Å². The second-order valence-electron chi connectivity index (χ2n) is 2.83. The number of hydrogen-bond acceptors (Lipinski definition) is 2. The van der Waals surface area contributed by atoms with Crippen molar-refractivity contribution in [2.75, 3.05) is 14.2 Å². The molecule has 2 atom stereocenters. The number of rotatable bonds is 2. The molecule has 0 amide bonds. The second-order valence-corrected chi connectivity index (χ2v) is 2.83. The molecule has 0 aromatic carbocycles. The van der Waals surface area contributed by atoms with Crippen molar-refractivity contribution in [3.05, 3.63) is 11.6 Å². The zero-order valence-corrected chi connectivity index (χ0v) is 7.46. The fourth-order valence-corrected chi connectivity index (χ4v) is 1.69. The summed E-state index contributed by atoms with van der Waals surface area (Å²) in [5.74, 6) is 0. The molecule has 0 aliphatic heterocycles. The van der Waals surface area contributed by atoms with E-state index in [1.165, 1.54) is 5.57 Å². The molecule has 0 spiro atoms. The third-order valence-corrected chi connectivity index (χ3v) is 2.35. The Hall–Kier alpha value is -0.340. The molecule has 11 heavy (non-hydrogen) atoms. The number of hydrogen-bond donors (Lipinski definition) is 0. The van der Waals surface area contributed by atoms with Crippen molar-refractivity contribution in [1.82, 2.24) is 0 Å². The first-order valence-electron chi connectivity index (χ1n) is 4.04. The molecule has 64 valence electrons. The molecule has 2 nitrogen and oxygen atoms in total. The number of allylic oxidation sites excluding steroid dienone is 1. The maximum Gasteiger partial charge on any atom is 0.104 e. The number of ether oxygens (including phenoxy) is 2. The molecular formula is C9H16O2. The summed E-state index contributed by atoms with van der Waals surface area (Å²) in [6.07, 6.45) is 4.81. The first kappa shape index (κ1) is 8.75. The minimum absolute atomic E-state index is 0.199. The minimum Gasteiger partial charge on any atom is -0.378 e. The zero-order valence-electron chi connectivity index (χ0n) is 7.46. The quantitative estimate of drug-likeness (QED) is 0.567. The van der Waals surface area contributed by atoms with Gasteiger partial charge in [0.1, 0.15) is 6.10 Å². The Balaban J connectivity index is 2.62. The second kappa shape index (κ2) is 3.88. The first-order chi connectivity index (χ1) is 5.33. The Labute approximate surface area is 68.2 Å². The fourth-order valence-electron chi connectivity index (χ4n) is 1.69. The highest BCUT2D eigenvalue weighted by atomic mass is 16.5. The van der Waals surface area contributed by atoms with Crippen LogP contribution in [0.2, 0.25) is 0 Å². The molecule has 0 radical (unpaired) electrons. The Morgan fingerprint density at radius 2 is 2.09 bits per heavy atom. The Bertz CT molecular complexity index is 152. The predicted molar refractivity (Wildman–Crippen MR) is 44.6 cm³/mol. The first-order valence-corrected chi connectivity index (χ1v) is 4.04. The lowest BCUT2D eigenvalue weighted by atomic mass is 10.2. The van der Waals surface area contributed by atoms with E-state index in [1.54, 1.807) is 14.2 Å². The normalized spacial score (nSPS) is 35.0. The fraction of sp³-hybridized carbons (Fsp3) is 0.778. The summed E-state index contributed by atoms with van der Waals surface area (Å²) < 4.78 is 10.6. The van der Waals surface area contributed by atoms with E-state index >= 15 is 0 Å². The minimum atomic E-state index is 0.199. The van der Waals surface area contributed by atoms with E-state index in [9.17, 15) is 0 Å². The molecular weight excluding hydrogens is 140 g/mol. The molecule has 1 rings (SSSR count). The van der Waals surface area contributed by atoms with Gasteiger partial charge in [-0.15, -0.1) is 0 Å². The summed E-state index contributed by atoms with van der Waals surface area (Å²) in [7, 11) is 3.49. The van der Waals surface area contributed by atoms with E-state index in [1.807, 2.05) is 0 Å². The Kier molecular flexibility index (Phi) is 3.09. The highest BCUT2D eigenvalue weighted by Gasteiger charge is 2.30. The van der Waals surface area contributed by atoms with E-state index in [0.717, 1.165) is 12.8 Å². The lowest BCUT2D eigenvalue weighted by Crippen LogP contribution is -2.24. The molecule has 0 unspecified atom stereocenters. The van der Waals surface area contributed by atoms with E-state index in [-0.39, 0.29) is 12.2 Å². The van der Waals surface area contributed by atoms with E-state index in [0.29, 0.717) is 0 Å². The van der Waals surface area contributed by atoms with Crippen molar-refractivity contribution in [2.45, 2.75) is 32.0 Å². The maximum atomic E-state index is 5.32. The van der Waals surface area contributed by atoms with Gasteiger partial charge in [-0.3, -0.25) is 0 Å². The van der Waals surface area contributed by atoms with Gasteiger partial charge in [0.05, 0.1) is 6.10 Å². The van der Waals surface area contributed by atoms with Crippen LogP contribution >= 0.6 is 0 Å². The van der Waals surface area contributed by atoms with Crippen molar-refractivity contribution in [3.63, 3.8) is 0 Å². The average molecular weight is 156 g/mol. The highest BCUT2D eigenvalue weighted by Crippen LogP contribution is 2.29. The number of methoxy groups -OCH3 is 2. The van der Waals surface area contributed by atoms with Gasteiger partial charge in [0.25, 0.3) is 0 Å². The van der Waals surface area contributed by atoms with E-state index in [2.05, 4.69) is 13.0 Å². The van der Waals surface area contributed by atoms with E-state index < -0.39 is 0 Å². The molecule has 1 aliphatic rings. The lowest BCUT2D eigenvalue weighted by molar-refractivity contribution is -0.00190. The molecule has 2 heteroatoms. The lowest BCUT2D eigenvalue weighted by Gasteiger charge is -2.17. The van der Waals surface area contributed by atoms with Crippen molar-refractivity contribution >= 4 is 0 Å². The third kappa shape index (κ3) is 1.63. The molecule has 0 saturated heterocycles. The standard InChI is InChI=1S/C9H16O2/c1-4-7-5-6-8(10-2)9(7)11-3/h4,8-9H,5-6H2,1-3H3/b7-4+/t8-,9+/m1/s1. The molecule has 0 aromatic heterocycles. The SMILES string of the molecule is C/C=C1\CC[C@@H](OC)[C@H]1OC. The van der Waals surface area contributed by atoms with Gasteiger partial charge in [-0.1, -0.05) is 6.08 Å². The highest BCUT2D eigenvalue weighted by molar-refractivity contribution is 5.15. The van der Waals surface area contributed by atoms with Crippen LogP contribution in [0.4, 0.5) is 0 Å². The Morgan fingerprint density at radius 1 is 1.36 bits per heavy atom. The zero-order chi connectivity index (χ0) is 8.27. The van der Waals surface area contributed by atoms with Crippen molar-refractivity contribution < 1.29 is 9.47 Å². The van der Waals surface area contributed by atoms with Crippen LogP contribution in [0.5, 0.6) is 0 Å². The van der Waals surface area contributed by atoms with Crippen LogP contribution in [0.1, 0.15) is 19.8 Å². The molecule has 1 fully saturated rings. The molecule has 0 bridgehead atoms. The van der Waals surface area contributed by atoms with Gasteiger partial charge >= 0.3 is 0 Å². The molecule has 0 heterocycles. The van der Waals surface area contributed by atoms with Crippen molar-refractivity contribution in [1.29, 1.82) is 0 Å². The summed E-state index contributed by atoms with van der Waals surface area (Å²) in [6.45, 7) is 2.05.